The summed E-state index contributed by atoms with van der Waals surface area (Å²) in [6, 6.07) is 0. The molecule has 0 bridgehead atoms. The van der Waals surface area contributed by atoms with E-state index in [4.69, 9.17) is 0 Å². The van der Waals surface area contributed by atoms with Gasteiger partial charge in [0.15, 0.2) is 0 Å². The molecule has 1 saturated carbocycles. The van der Waals surface area contributed by atoms with Gasteiger partial charge in [-0.1, -0.05) is 33.3 Å². The van der Waals surface area contributed by atoms with Gasteiger partial charge >= 0.3 is 0 Å². The molecule has 4 heteroatoms. The van der Waals surface area contributed by atoms with Gasteiger partial charge in [0.05, 0.1) is 19.3 Å². The summed E-state index contributed by atoms with van der Waals surface area (Å²) in [6.45, 7) is 5.38. The Bertz CT molecular complexity index is 390. The van der Waals surface area contributed by atoms with Crippen molar-refractivity contribution in [2.75, 3.05) is 13.2 Å². The van der Waals surface area contributed by atoms with Crippen LogP contribution in [0, 0.1) is 16.7 Å². The molecule has 2 aliphatic carbocycles. The van der Waals surface area contributed by atoms with Gasteiger partial charge in [0.2, 0.25) is 0 Å². The van der Waals surface area contributed by atoms with Crippen molar-refractivity contribution in [1.29, 1.82) is 0 Å². The van der Waals surface area contributed by atoms with Gasteiger partial charge < -0.3 is 20.4 Å². The van der Waals surface area contributed by atoms with Crippen LogP contribution in [0.25, 0.3) is 0 Å². The van der Waals surface area contributed by atoms with Gasteiger partial charge in [0.1, 0.15) is 5.60 Å². The minimum Gasteiger partial charge on any atom is -0.393 e. The molecule has 19 heavy (non-hydrogen) atoms. The topological polar surface area (TPSA) is 80.9 Å². The maximum Gasteiger partial charge on any atom is 0.117 e. The zero-order chi connectivity index (χ0) is 14.5. The molecule has 4 atom stereocenters. The largest absolute Gasteiger partial charge is 0.393 e. The summed E-state index contributed by atoms with van der Waals surface area (Å²) < 4.78 is 0. The van der Waals surface area contributed by atoms with Crippen LogP contribution in [0.2, 0.25) is 0 Å². The molecule has 0 aromatic heterocycles. The van der Waals surface area contributed by atoms with Gasteiger partial charge in [-0.15, -0.1) is 0 Å². The molecule has 0 spiro atoms. The van der Waals surface area contributed by atoms with Crippen molar-refractivity contribution in [2.45, 2.75) is 51.7 Å². The second-order valence-electron chi connectivity index (χ2n) is 7.10. The SMILES string of the molecule is CC1(C)CCC[C@@]2(C)[C@@H]1[C@H](O)C=C(CO)[C@]2(O)CO. The fraction of sp³-hybridized carbons (Fsp3) is 0.867. The van der Waals surface area contributed by atoms with Crippen LogP contribution in [-0.2, 0) is 0 Å². The van der Waals surface area contributed by atoms with E-state index in [1.165, 1.54) is 6.08 Å². The Balaban J connectivity index is 2.59. The Hall–Kier alpha value is -0.420. The molecule has 0 unspecified atom stereocenters. The third-order valence-corrected chi connectivity index (χ3v) is 5.63. The predicted octanol–water partition coefficient (Wildman–Crippen LogP) is 0.836. The van der Waals surface area contributed by atoms with Crippen LogP contribution < -0.4 is 0 Å². The lowest BCUT2D eigenvalue weighted by Gasteiger charge is -2.61. The van der Waals surface area contributed by atoms with E-state index in [1.807, 2.05) is 6.92 Å². The molecule has 0 heterocycles. The number of hydrogen-bond donors (Lipinski definition) is 4. The molecular weight excluding hydrogens is 244 g/mol. The van der Waals surface area contributed by atoms with Gasteiger partial charge in [-0.05, 0) is 23.8 Å². The first kappa shape index (κ1) is 15.0. The Labute approximate surface area is 114 Å². The standard InChI is InChI=1S/C15H26O4/c1-13(2)5-4-6-14(3)12(13)11(18)7-10(8-16)15(14,19)9-17/h7,11-12,16-19H,4-6,8-9H2,1-3H3/t11-,12-,14+,15-/m1/s1. The van der Waals surface area contributed by atoms with Gasteiger partial charge in [-0.25, -0.2) is 0 Å². The quantitative estimate of drug-likeness (QED) is 0.560. The molecule has 0 saturated heterocycles. The summed E-state index contributed by atoms with van der Waals surface area (Å²) in [6.07, 6.45) is 3.54. The van der Waals surface area contributed by atoms with Crippen LogP contribution in [0.5, 0.6) is 0 Å². The normalized spacial score (nSPS) is 45.5. The number of rotatable bonds is 2. The monoisotopic (exact) mass is 270 g/mol. The summed E-state index contributed by atoms with van der Waals surface area (Å²) in [5.41, 5.74) is -1.81. The van der Waals surface area contributed by atoms with Crippen molar-refractivity contribution in [3.8, 4) is 0 Å². The Morgan fingerprint density at radius 1 is 1.21 bits per heavy atom. The molecule has 2 rings (SSSR count). The maximum absolute atomic E-state index is 11.0. The first-order chi connectivity index (χ1) is 8.73. The smallest absolute Gasteiger partial charge is 0.117 e. The Morgan fingerprint density at radius 2 is 1.84 bits per heavy atom. The highest BCUT2D eigenvalue weighted by molar-refractivity contribution is 5.31. The van der Waals surface area contributed by atoms with E-state index in [9.17, 15) is 20.4 Å². The van der Waals surface area contributed by atoms with Crippen molar-refractivity contribution < 1.29 is 20.4 Å². The molecule has 4 nitrogen and oxygen atoms in total. The van der Waals surface area contributed by atoms with Crippen molar-refractivity contribution in [1.82, 2.24) is 0 Å². The molecule has 110 valence electrons. The third kappa shape index (κ3) is 1.88. The average molecular weight is 270 g/mol. The molecule has 2 aliphatic rings. The number of hydrogen-bond acceptors (Lipinski definition) is 4. The van der Waals surface area contributed by atoms with E-state index >= 15 is 0 Å². The summed E-state index contributed by atoms with van der Waals surface area (Å²) in [5.74, 6) is -0.124. The third-order valence-electron chi connectivity index (χ3n) is 5.63. The van der Waals surface area contributed by atoms with E-state index in [-0.39, 0.29) is 17.9 Å². The summed E-state index contributed by atoms with van der Waals surface area (Å²) in [5, 5.41) is 40.6. The van der Waals surface area contributed by atoms with E-state index in [0.29, 0.717) is 5.57 Å². The number of aliphatic hydroxyl groups excluding tert-OH is 3. The fourth-order valence-electron chi connectivity index (χ4n) is 4.66. The lowest BCUT2D eigenvalue weighted by atomic mass is 9.46. The highest BCUT2D eigenvalue weighted by atomic mass is 16.3. The van der Waals surface area contributed by atoms with Gasteiger partial charge in [0.25, 0.3) is 0 Å². The van der Waals surface area contributed by atoms with E-state index < -0.39 is 23.7 Å². The fourth-order valence-corrected chi connectivity index (χ4v) is 4.66. The molecular formula is C15H26O4. The zero-order valence-corrected chi connectivity index (χ0v) is 12.1. The first-order valence-corrected chi connectivity index (χ1v) is 7.06. The van der Waals surface area contributed by atoms with Gasteiger partial charge in [-0.2, -0.15) is 0 Å². The van der Waals surface area contributed by atoms with E-state index in [1.54, 1.807) is 0 Å². The van der Waals surface area contributed by atoms with E-state index in [0.717, 1.165) is 19.3 Å². The van der Waals surface area contributed by atoms with Gasteiger partial charge in [0, 0.05) is 11.3 Å². The van der Waals surface area contributed by atoms with Crippen molar-refractivity contribution >= 4 is 0 Å². The summed E-state index contributed by atoms with van der Waals surface area (Å²) in [7, 11) is 0. The number of fused-ring (bicyclic) bond motifs is 1. The minimum absolute atomic E-state index is 0.104. The predicted molar refractivity (Wildman–Crippen MR) is 72.4 cm³/mol. The molecule has 1 fully saturated rings. The van der Waals surface area contributed by atoms with Crippen LogP contribution in [-0.4, -0.2) is 45.3 Å². The molecule has 0 amide bonds. The minimum atomic E-state index is -1.44. The van der Waals surface area contributed by atoms with E-state index in [2.05, 4.69) is 13.8 Å². The molecule has 0 aliphatic heterocycles. The van der Waals surface area contributed by atoms with Crippen LogP contribution in [0.4, 0.5) is 0 Å². The first-order valence-electron chi connectivity index (χ1n) is 7.06. The van der Waals surface area contributed by atoms with Crippen LogP contribution in [0.1, 0.15) is 40.0 Å². The summed E-state index contributed by atoms with van der Waals surface area (Å²) >= 11 is 0. The molecule has 0 aromatic rings. The maximum atomic E-state index is 11.0. The van der Waals surface area contributed by atoms with Crippen molar-refractivity contribution in [3.05, 3.63) is 11.6 Å². The second-order valence-corrected chi connectivity index (χ2v) is 7.10. The van der Waals surface area contributed by atoms with Crippen LogP contribution >= 0.6 is 0 Å². The van der Waals surface area contributed by atoms with Crippen LogP contribution in [0.3, 0.4) is 0 Å². The van der Waals surface area contributed by atoms with Gasteiger partial charge in [-0.3, -0.25) is 0 Å². The summed E-state index contributed by atoms with van der Waals surface area (Å²) in [4.78, 5) is 0. The number of aliphatic hydroxyl groups is 4. The lowest BCUT2D eigenvalue weighted by Crippen LogP contribution is -2.64. The van der Waals surface area contributed by atoms with Crippen molar-refractivity contribution in [3.63, 3.8) is 0 Å². The highest BCUT2D eigenvalue weighted by Crippen LogP contribution is 2.60. The second kappa shape index (κ2) is 4.55. The van der Waals surface area contributed by atoms with Crippen molar-refractivity contribution in [2.24, 2.45) is 16.7 Å². The lowest BCUT2D eigenvalue weighted by molar-refractivity contribution is -0.188. The molecule has 0 aromatic carbocycles. The van der Waals surface area contributed by atoms with Crippen LogP contribution in [0.15, 0.2) is 11.6 Å². The molecule has 0 radical (unpaired) electrons. The zero-order valence-electron chi connectivity index (χ0n) is 12.1. The Morgan fingerprint density at radius 3 is 2.37 bits per heavy atom. The average Bonchev–Trinajstić information content (AvgIpc) is 2.32. The highest BCUT2D eigenvalue weighted by Gasteiger charge is 2.62. The molecule has 4 N–H and O–H groups in total. The Kier molecular flexibility index (Phi) is 3.59.